The number of nitrogens with zero attached hydrogens (tertiary/aromatic N) is 1. The molecule has 1 fully saturated rings. The number of sulfonamides is 1. The summed E-state index contributed by atoms with van der Waals surface area (Å²) < 4.78 is 38.8. The van der Waals surface area contributed by atoms with Crippen molar-refractivity contribution >= 4 is 21.6 Å². The van der Waals surface area contributed by atoms with Crippen LogP contribution in [0.5, 0.6) is 11.5 Å². The van der Waals surface area contributed by atoms with Crippen molar-refractivity contribution in [3.8, 4) is 11.5 Å². The summed E-state index contributed by atoms with van der Waals surface area (Å²) in [6.45, 7) is 4.55. The average molecular weight is 447 g/mol. The molecule has 3 rings (SSSR count). The Kier molecular flexibility index (Phi) is 7.56. The van der Waals surface area contributed by atoms with Crippen LogP contribution < -0.4 is 14.8 Å². The molecule has 1 aliphatic heterocycles. The fourth-order valence-corrected chi connectivity index (χ4v) is 5.38. The summed E-state index contributed by atoms with van der Waals surface area (Å²) in [6, 6.07) is 10.4. The summed E-state index contributed by atoms with van der Waals surface area (Å²) in [5.41, 5.74) is 2.10. The molecule has 1 saturated heterocycles. The molecule has 0 unspecified atom stereocenters. The molecule has 0 radical (unpaired) electrons. The van der Waals surface area contributed by atoms with E-state index in [9.17, 15) is 13.2 Å². The summed E-state index contributed by atoms with van der Waals surface area (Å²) in [6.07, 6.45) is 3.84. The summed E-state index contributed by atoms with van der Waals surface area (Å²) in [5.74, 6) is 0.634. The minimum absolute atomic E-state index is 0.221. The van der Waals surface area contributed by atoms with E-state index in [4.69, 9.17) is 9.47 Å². The first-order valence-electron chi connectivity index (χ1n) is 10.5. The van der Waals surface area contributed by atoms with Gasteiger partial charge >= 0.3 is 0 Å². The van der Waals surface area contributed by atoms with Gasteiger partial charge in [0.2, 0.25) is 10.0 Å². The monoisotopic (exact) mass is 446 g/mol. The van der Waals surface area contributed by atoms with Crippen molar-refractivity contribution in [3.05, 3.63) is 47.5 Å². The predicted molar refractivity (Wildman–Crippen MR) is 120 cm³/mol. The van der Waals surface area contributed by atoms with E-state index in [1.807, 2.05) is 19.1 Å². The Morgan fingerprint density at radius 1 is 1.00 bits per heavy atom. The zero-order chi connectivity index (χ0) is 22.4. The van der Waals surface area contributed by atoms with Crippen molar-refractivity contribution in [2.24, 2.45) is 0 Å². The Bertz CT molecular complexity index is 1030. The maximum absolute atomic E-state index is 13.2. The quantitative estimate of drug-likeness (QED) is 0.697. The lowest BCUT2D eigenvalue weighted by molar-refractivity contribution is -0.118. The van der Waals surface area contributed by atoms with Crippen molar-refractivity contribution in [1.29, 1.82) is 0 Å². The molecule has 168 valence electrons. The molecule has 1 N–H and O–H groups in total. The molecule has 2 aromatic carbocycles. The lowest BCUT2D eigenvalue weighted by atomic mass is 10.2. The summed E-state index contributed by atoms with van der Waals surface area (Å²) in [5, 5.41) is 2.73. The van der Waals surface area contributed by atoms with Gasteiger partial charge in [-0.15, -0.1) is 0 Å². The fourth-order valence-electron chi connectivity index (χ4n) is 3.61. The Morgan fingerprint density at radius 2 is 1.71 bits per heavy atom. The third kappa shape index (κ3) is 5.77. The van der Waals surface area contributed by atoms with E-state index in [1.54, 1.807) is 36.5 Å². The van der Waals surface area contributed by atoms with Crippen molar-refractivity contribution in [3.63, 3.8) is 0 Å². The number of nitrogens with one attached hydrogen (secondary N) is 1. The Labute approximate surface area is 184 Å². The molecule has 1 heterocycles. The van der Waals surface area contributed by atoms with E-state index >= 15 is 0 Å². The molecule has 2 aromatic rings. The number of aryl methyl sites for hydroxylation is 2. The highest BCUT2D eigenvalue weighted by molar-refractivity contribution is 7.89. The second-order valence-corrected chi connectivity index (χ2v) is 9.70. The number of hydrogen-bond acceptors (Lipinski definition) is 5. The Balaban J connectivity index is 1.70. The standard InChI is InChI=1S/C23H30N2O5S/c1-17-8-11-20(21(14-17)29-3)30-16-23(26)24-19-10-9-18(2)22(15-19)31(27,28)25-12-6-4-5-7-13-25/h8-11,14-15H,4-7,12-13,16H2,1-3H3,(H,24,26). The van der Waals surface area contributed by atoms with E-state index in [2.05, 4.69) is 5.32 Å². The first kappa shape index (κ1) is 23.1. The topological polar surface area (TPSA) is 84.9 Å². The lowest BCUT2D eigenvalue weighted by Gasteiger charge is -2.21. The molecule has 7 nitrogen and oxygen atoms in total. The number of rotatable bonds is 7. The van der Waals surface area contributed by atoms with Crippen LogP contribution in [0.15, 0.2) is 41.3 Å². The van der Waals surface area contributed by atoms with Crippen LogP contribution >= 0.6 is 0 Å². The highest BCUT2D eigenvalue weighted by atomic mass is 32.2. The second-order valence-electron chi connectivity index (χ2n) is 7.79. The molecule has 0 bridgehead atoms. The number of carbonyl (C=O) groups is 1. The molecule has 8 heteroatoms. The number of anilines is 1. The van der Waals surface area contributed by atoms with Crippen LogP contribution in [0.4, 0.5) is 5.69 Å². The van der Waals surface area contributed by atoms with E-state index < -0.39 is 10.0 Å². The number of amides is 1. The van der Waals surface area contributed by atoms with Gasteiger partial charge in [0, 0.05) is 18.8 Å². The van der Waals surface area contributed by atoms with Crippen molar-refractivity contribution in [2.75, 3.05) is 32.1 Å². The summed E-state index contributed by atoms with van der Waals surface area (Å²) >= 11 is 0. The van der Waals surface area contributed by atoms with Crippen molar-refractivity contribution in [2.45, 2.75) is 44.4 Å². The predicted octanol–water partition coefficient (Wildman–Crippen LogP) is 3.89. The molecular formula is C23H30N2O5S. The SMILES string of the molecule is COc1cc(C)ccc1OCC(=O)Nc1ccc(C)c(S(=O)(=O)N2CCCCCC2)c1. The smallest absolute Gasteiger partial charge is 0.262 e. The molecule has 31 heavy (non-hydrogen) atoms. The number of ether oxygens (including phenoxy) is 2. The lowest BCUT2D eigenvalue weighted by Crippen LogP contribution is -2.32. The van der Waals surface area contributed by atoms with Gasteiger partial charge in [-0.3, -0.25) is 4.79 Å². The normalized spacial score (nSPS) is 15.2. The summed E-state index contributed by atoms with van der Waals surface area (Å²) in [4.78, 5) is 12.6. The van der Waals surface area contributed by atoms with Crippen molar-refractivity contribution in [1.82, 2.24) is 4.31 Å². The van der Waals surface area contributed by atoms with Gasteiger partial charge in [0.15, 0.2) is 18.1 Å². The van der Waals surface area contributed by atoms with Gasteiger partial charge in [-0.25, -0.2) is 8.42 Å². The number of methoxy groups -OCH3 is 1. The van der Waals surface area contributed by atoms with Gasteiger partial charge in [0.25, 0.3) is 5.91 Å². The van der Waals surface area contributed by atoms with Gasteiger partial charge in [0.05, 0.1) is 12.0 Å². The zero-order valence-corrected chi connectivity index (χ0v) is 19.1. The highest BCUT2D eigenvalue weighted by Gasteiger charge is 2.27. The van der Waals surface area contributed by atoms with E-state index in [1.165, 1.54) is 6.07 Å². The first-order chi connectivity index (χ1) is 14.8. The minimum atomic E-state index is -3.61. The third-order valence-electron chi connectivity index (χ3n) is 5.33. The largest absolute Gasteiger partial charge is 0.493 e. The highest BCUT2D eigenvalue weighted by Crippen LogP contribution is 2.28. The van der Waals surface area contributed by atoms with Crippen LogP contribution in [0.1, 0.15) is 36.8 Å². The molecule has 0 aliphatic carbocycles. The maximum atomic E-state index is 13.2. The molecular weight excluding hydrogens is 416 g/mol. The molecule has 0 spiro atoms. The first-order valence-corrected chi connectivity index (χ1v) is 11.9. The van der Waals surface area contributed by atoms with Gasteiger partial charge in [-0.2, -0.15) is 4.31 Å². The van der Waals surface area contributed by atoms with Gasteiger partial charge in [-0.1, -0.05) is 25.0 Å². The van der Waals surface area contributed by atoms with Gasteiger partial charge in [-0.05, 0) is 62.1 Å². The molecule has 1 aliphatic rings. The molecule has 0 aromatic heterocycles. The van der Waals surface area contributed by atoms with Crippen LogP contribution in [0, 0.1) is 13.8 Å². The average Bonchev–Trinajstić information content (AvgIpc) is 3.04. The van der Waals surface area contributed by atoms with Crippen LogP contribution in [0.2, 0.25) is 0 Å². The number of hydrogen-bond donors (Lipinski definition) is 1. The van der Waals surface area contributed by atoms with E-state index in [-0.39, 0.29) is 17.4 Å². The van der Waals surface area contributed by atoms with Crippen LogP contribution in [0.3, 0.4) is 0 Å². The Morgan fingerprint density at radius 3 is 2.39 bits per heavy atom. The number of carbonyl (C=O) groups excluding carboxylic acids is 1. The zero-order valence-electron chi connectivity index (χ0n) is 18.3. The molecule has 1 amide bonds. The van der Waals surface area contributed by atoms with Gasteiger partial charge in [0.1, 0.15) is 0 Å². The number of benzene rings is 2. The van der Waals surface area contributed by atoms with Crippen LogP contribution in [-0.4, -0.2) is 45.4 Å². The van der Waals surface area contributed by atoms with Gasteiger partial charge < -0.3 is 14.8 Å². The minimum Gasteiger partial charge on any atom is -0.493 e. The van der Waals surface area contributed by atoms with E-state index in [0.717, 1.165) is 31.2 Å². The van der Waals surface area contributed by atoms with E-state index in [0.29, 0.717) is 35.8 Å². The summed E-state index contributed by atoms with van der Waals surface area (Å²) in [7, 11) is -2.07. The second kappa shape index (κ2) is 10.2. The third-order valence-corrected chi connectivity index (χ3v) is 7.37. The Hall–Kier alpha value is -2.58. The van der Waals surface area contributed by atoms with Crippen LogP contribution in [-0.2, 0) is 14.8 Å². The van der Waals surface area contributed by atoms with Crippen molar-refractivity contribution < 1.29 is 22.7 Å². The van der Waals surface area contributed by atoms with Crippen LogP contribution in [0.25, 0.3) is 0 Å². The molecule has 0 atom stereocenters. The fraction of sp³-hybridized carbons (Fsp3) is 0.435. The maximum Gasteiger partial charge on any atom is 0.262 e. The molecule has 0 saturated carbocycles.